The number of methoxy groups -OCH3 is 2. The average molecular weight is 901 g/mol. The molecule has 5 N–H and O–H groups in total. The second-order valence-corrected chi connectivity index (χ2v) is 19.6. The van der Waals surface area contributed by atoms with Gasteiger partial charge in [-0.3, -0.25) is 14.4 Å². The first-order valence-electron chi connectivity index (χ1n) is 23.9. The molecule has 1 amide bonds. The Kier molecular flexibility index (Phi) is 21.0. The monoisotopic (exact) mass is 901 g/mol. The minimum atomic E-state index is -2.43. The molecule has 3 fully saturated rings. The van der Waals surface area contributed by atoms with E-state index in [9.17, 15) is 39.7 Å². The fourth-order valence-electron chi connectivity index (χ4n) is 10.2. The maximum absolute atomic E-state index is 14.3. The number of hydrogen-bond donors (Lipinski definition) is 5. The lowest BCUT2D eigenvalue weighted by Gasteiger charge is -2.42. The van der Waals surface area contributed by atoms with Gasteiger partial charge in [0.15, 0.2) is 5.78 Å². The molecule has 2 bridgehead atoms. The van der Waals surface area contributed by atoms with Gasteiger partial charge in [-0.1, -0.05) is 76.6 Å². The van der Waals surface area contributed by atoms with Crippen LogP contribution in [0.15, 0.2) is 47.6 Å². The number of fused-ring (bicyclic) bond motifs is 3. The lowest BCUT2D eigenvalue weighted by Crippen LogP contribution is -2.61. The van der Waals surface area contributed by atoms with Crippen molar-refractivity contribution in [1.29, 1.82) is 0 Å². The molecule has 0 aromatic carbocycles. The first-order valence-corrected chi connectivity index (χ1v) is 23.9. The third-order valence-electron chi connectivity index (χ3n) is 14.4. The Labute approximate surface area is 381 Å². The number of aliphatic hydroxyl groups is 3. The lowest BCUT2D eigenvalue weighted by molar-refractivity contribution is -0.264. The van der Waals surface area contributed by atoms with E-state index < -0.39 is 72.0 Å². The van der Waals surface area contributed by atoms with E-state index in [0.717, 1.165) is 12.0 Å². The quantitative estimate of drug-likeness (QED) is 0.0858. The molecule has 1 saturated carbocycles. The number of ketones is 2. The highest BCUT2D eigenvalue weighted by Gasteiger charge is 2.53. The van der Waals surface area contributed by atoms with Gasteiger partial charge >= 0.3 is 5.97 Å². The SMILES string of the molecule is CO[C@@H]1C[C@H](C[C@@H](C)[C@@H]2CC[C@H](C)/C=C(\C)[C@@H](O)[C@@H](OC)C(=O)[C@H](C)C[C@H](C)/C=C/C=C/C=C(\C)[C@@H](NO)C[C@@H]3CC[C@@H](C)[C@@](O)(O3)C(=O)C(=O)N3CCCC[C@H]3C(=O)O2)CC[C@H]1O. The summed E-state index contributed by atoms with van der Waals surface area (Å²) in [5.74, 6) is -6.37. The van der Waals surface area contributed by atoms with Gasteiger partial charge < -0.3 is 44.4 Å². The van der Waals surface area contributed by atoms with Crippen LogP contribution >= 0.6 is 0 Å². The zero-order valence-corrected chi connectivity index (χ0v) is 39.9. The van der Waals surface area contributed by atoms with Crippen molar-refractivity contribution in [1.82, 2.24) is 10.4 Å². The topological polar surface area (TPSA) is 201 Å². The number of esters is 1. The molecule has 2 saturated heterocycles. The Hall–Kier alpha value is -3.08. The van der Waals surface area contributed by atoms with Crippen LogP contribution in [0.4, 0.5) is 0 Å². The first-order chi connectivity index (χ1) is 30.3. The number of amides is 1. The zero-order valence-electron chi connectivity index (χ0n) is 39.9. The van der Waals surface area contributed by atoms with Crippen LogP contribution in [0.3, 0.4) is 0 Å². The second kappa shape index (κ2) is 25.2. The number of rotatable bonds is 6. The van der Waals surface area contributed by atoms with Crippen LogP contribution in [0.2, 0.25) is 0 Å². The molecule has 0 aromatic heterocycles. The molecular weight excluding hydrogens is 821 g/mol. The second-order valence-electron chi connectivity index (χ2n) is 19.6. The molecule has 3 aliphatic heterocycles. The minimum Gasteiger partial charge on any atom is -0.461 e. The molecule has 14 nitrogen and oxygen atoms in total. The van der Waals surface area contributed by atoms with Gasteiger partial charge in [0, 0.05) is 32.6 Å². The molecule has 3 heterocycles. The Morgan fingerprint density at radius 3 is 2.28 bits per heavy atom. The summed E-state index contributed by atoms with van der Waals surface area (Å²) >= 11 is 0. The van der Waals surface area contributed by atoms with Gasteiger partial charge in [0.1, 0.15) is 24.4 Å². The Morgan fingerprint density at radius 1 is 0.859 bits per heavy atom. The number of piperidine rings is 1. The summed E-state index contributed by atoms with van der Waals surface area (Å²) in [6, 6.07) is -1.63. The van der Waals surface area contributed by atoms with Crippen LogP contribution in [0.5, 0.6) is 0 Å². The van der Waals surface area contributed by atoms with Crippen molar-refractivity contribution in [3.63, 3.8) is 0 Å². The number of nitrogens with zero attached hydrogens (tertiary/aromatic N) is 1. The standard InChI is InChI=1S/C50H80N2O12/c1-30-15-11-10-12-16-32(3)39(51-60)29-38-21-19-36(7)50(59,64-38)47(56)48(57)52-24-14-13-17-40(52)49(58)63-42(33(4)27-37-20-22-41(53)43(28-37)61-8)23-18-31(2)26-35(6)45(55)46(62-9)44(54)34(5)25-30/h10-12,15-16,26,30-31,33-34,36-43,45-46,51,53,55,59-60H,13-14,17-25,27-29H2,1-9H3/b12-10+,15-11+,32-16+,35-26+/t30-,31+,33-,34-,36-,37+,38+,39+,40+,41-,42+,43-,45-,46+,50-/m1/s1. The molecule has 64 heavy (non-hydrogen) atoms. The Bertz CT molecular complexity index is 1680. The highest BCUT2D eigenvalue weighted by atomic mass is 16.6. The summed E-state index contributed by atoms with van der Waals surface area (Å²) in [7, 11) is 3.03. The molecule has 14 heteroatoms. The maximum Gasteiger partial charge on any atom is 0.329 e. The number of hydrogen-bond acceptors (Lipinski definition) is 13. The summed E-state index contributed by atoms with van der Waals surface area (Å²) in [4.78, 5) is 57.6. The number of hydroxylamine groups is 1. The molecule has 0 radical (unpaired) electrons. The van der Waals surface area contributed by atoms with Gasteiger partial charge in [-0.15, -0.1) is 0 Å². The fourth-order valence-corrected chi connectivity index (χ4v) is 10.2. The molecular formula is C50H80N2O12. The largest absolute Gasteiger partial charge is 0.461 e. The van der Waals surface area contributed by atoms with Crippen molar-refractivity contribution in [2.75, 3.05) is 20.8 Å². The van der Waals surface area contributed by atoms with Gasteiger partial charge in [-0.25, -0.2) is 4.79 Å². The van der Waals surface area contributed by atoms with Gasteiger partial charge in [0.25, 0.3) is 11.7 Å². The van der Waals surface area contributed by atoms with E-state index in [2.05, 4.69) is 5.48 Å². The minimum absolute atomic E-state index is 0.0402. The van der Waals surface area contributed by atoms with Crippen molar-refractivity contribution in [2.24, 2.45) is 35.5 Å². The average Bonchev–Trinajstić information content (AvgIpc) is 3.27. The Morgan fingerprint density at radius 2 is 1.59 bits per heavy atom. The highest BCUT2D eigenvalue weighted by Crippen LogP contribution is 2.37. The van der Waals surface area contributed by atoms with Crippen LogP contribution in [0.25, 0.3) is 0 Å². The molecule has 362 valence electrons. The zero-order chi connectivity index (χ0) is 47.3. The van der Waals surface area contributed by atoms with E-state index in [-0.39, 0.29) is 54.4 Å². The number of carbonyl (C=O) groups excluding carboxylic acids is 4. The summed E-state index contributed by atoms with van der Waals surface area (Å²) < 4.78 is 23.7. The van der Waals surface area contributed by atoms with E-state index in [4.69, 9.17) is 18.9 Å². The molecule has 0 spiro atoms. The molecule has 15 atom stereocenters. The van der Waals surface area contributed by atoms with E-state index in [0.29, 0.717) is 76.2 Å². The number of allylic oxidation sites excluding steroid dienone is 6. The van der Waals surface area contributed by atoms with Crippen LogP contribution in [0.1, 0.15) is 132 Å². The number of Topliss-reactive ketones (excluding diaryl/α,β-unsaturated/α-hetero) is 2. The van der Waals surface area contributed by atoms with Gasteiger partial charge in [0.05, 0.1) is 24.4 Å². The van der Waals surface area contributed by atoms with Crippen molar-refractivity contribution in [3.8, 4) is 0 Å². The number of cyclic esters (lactones) is 1. The number of nitrogens with one attached hydrogen (secondary N) is 1. The van der Waals surface area contributed by atoms with Crippen LogP contribution in [0, 0.1) is 35.5 Å². The van der Waals surface area contributed by atoms with E-state index in [1.54, 1.807) is 21.0 Å². The number of carbonyl (C=O) groups is 4. The third kappa shape index (κ3) is 14.2. The summed E-state index contributed by atoms with van der Waals surface area (Å²) in [6.07, 6.45) is 14.0. The molecule has 4 rings (SSSR count). The van der Waals surface area contributed by atoms with E-state index in [1.165, 1.54) is 12.0 Å². The van der Waals surface area contributed by atoms with E-state index >= 15 is 0 Å². The predicted molar refractivity (Wildman–Crippen MR) is 243 cm³/mol. The van der Waals surface area contributed by atoms with Gasteiger partial charge in [-0.2, -0.15) is 5.48 Å². The van der Waals surface area contributed by atoms with E-state index in [1.807, 2.05) is 71.1 Å². The maximum atomic E-state index is 14.3. The third-order valence-corrected chi connectivity index (χ3v) is 14.4. The van der Waals surface area contributed by atoms with Crippen molar-refractivity contribution < 1.29 is 58.7 Å². The molecule has 4 aliphatic rings. The lowest BCUT2D eigenvalue weighted by atomic mass is 9.78. The molecule has 0 aromatic rings. The fraction of sp³-hybridized carbons (Fsp3) is 0.760. The Balaban J connectivity index is 1.67. The molecule has 0 unspecified atom stereocenters. The van der Waals surface area contributed by atoms with Crippen molar-refractivity contribution in [3.05, 3.63) is 47.6 Å². The van der Waals surface area contributed by atoms with Gasteiger partial charge in [0.2, 0.25) is 5.79 Å². The van der Waals surface area contributed by atoms with Gasteiger partial charge in [-0.05, 0) is 127 Å². The summed E-state index contributed by atoms with van der Waals surface area (Å²) in [5, 5.41) is 44.0. The van der Waals surface area contributed by atoms with Crippen molar-refractivity contribution >= 4 is 23.4 Å². The van der Waals surface area contributed by atoms with Crippen LogP contribution in [-0.4, -0.2) is 124 Å². The highest BCUT2D eigenvalue weighted by molar-refractivity contribution is 6.39. The van der Waals surface area contributed by atoms with Crippen LogP contribution < -0.4 is 5.48 Å². The molecule has 1 aliphatic carbocycles. The predicted octanol–water partition coefficient (Wildman–Crippen LogP) is 6.33. The van der Waals surface area contributed by atoms with Crippen molar-refractivity contribution in [2.45, 2.75) is 186 Å². The summed E-state index contributed by atoms with van der Waals surface area (Å²) in [6.45, 7) is 13.3. The normalized spacial score (nSPS) is 40.8. The summed E-state index contributed by atoms with van der Waals surface area (Å²) in [5.41, 5.74) is 3.69. The number of ether oxygens (including phenoxy) is 4. The smallest absolute Gasteiger partial charge is 0.329 e. The van der Waals surface area contributed by atoms with Crippen LogP contribution in [-0.2, 0) is 38.1 Å². The number of aliphatic hydroxyl groups excluding tert-OH is 2. The first kappa shape index (κ1) is 53.5.